The monoisotopic (exact) mass is 210 g/mol. The Bertz CT molecular complexity index is 220. The smallest absolute Gasteiger partial charge is 1.00 e. The first-order valence-corrected chi connectivity index (χ1v) is 3.22. The number of rotatable bonds is 3. The standard InChI is InChI=1S/C6H7BO6.Na.H/c1-3(8)11-6(5(10)13-7)12-4(2)9;;/h6H,1-2H3;;/q;+1;-1. The van der Waals surface area contributed by atoms with Crippen molar-refractivity contribution in [3.8, 4) is 0 Å². The molecule has 0 aliphatic heterocycles. The summed E-state index contributed by atoms with van der Waals surface area (Å²) in [7, 11) is 4.49. The number of carbonyl (C=O) groups excluding carboxylic acids is 3. The first-order valence-electron chi connectivity index (χ1n) is 3.22. The van der Waals surface area contributed by atoms with Gasteiger partial charge in [-0.25, -0.2) is 4.79 Å². The summed E-state index contributed by atoms with van der Waals surface area (Å²) in [6.07, 6.45) is -1.74. The van der Waals surface area contributed by atoms with E-state index in [1.165, 1.54) is 0 Å². The fraction of sp³-hybridized carbons (Fsp3) is 0.500. The SMILES string of the molecule is [B]OC(=O)C(OC(C)=O)OC(C)=O.[H-].[Na+]. The van der Waals surface area contributed by atoms with Crippen LogP contribution >= 0.6 is 0 Å². The number of hydrogen-bond donors (Lipinski definition) is 0. The Labute approximate surface area is 105 Å². The normalized spacial score (nSPS) is 8.50. The fourth-order valence-corrected chi connectivity index (χ4v) is 0.477. The minimum Gasteiger partial charge on any atom is -1.00 e. The molecule has 0 rings (SSSR count). The minimum atomic E-state index is -1.74. The molecule has 0 unspecified atom stereocenters. The third-order valence-corrected chi connectivity index (χ3v) is 0.855. The minimum absolute atomic E-state index is 0. The molecule has 0 aromatic rings. The second-order valence-electron chi connectivity index (χ2n) is 1.99. The summed E-state index contributed by atoms with van der Waals surface area (Å²) in [4.78, 5) is 31.5. The van der Waals surface area contributed by atoms with Gasteiger partial charge in [-0.1, -0.05) is 0 Å². The Balaban J connectivity index is -0.000000720. The molecular formula is C6H8BNaO6. The molecule has 0 amide bonds. The third kappa shape index (κ3) is 6.93. The molecule has 0 aromatic carbocycles. The van der Waals surface area contributed by atoms with Crippen LogP contribution < -0.4 is 29.6 Å². The van der Waals surface area contributed by atoms with Crippen molar-refractivity contribution in [3.05, 3.63) is 0 Å². The topological polar surface area (TPSA) is 78.9 Å². The molecule has 0 aliphatic carbocycles. The van der Waals surface area contributed by atoms with Gasteiger partial charge in [0.15, 0.2) is 0 Å². The summed E-state index contributed by atoms with van der Waals surface area (Å²) >= 11 is 0. The summed E-state index contributed by atoms with van der Waals surface area (Å²) in [6.45, 7) is 2.08. The molecule has 2 radical (unpaired) electrons. The van der Waals surface area contributed by atoms with Gasteiger partial charge in [0.2, 0.25) is 0 Å². The van der Waals surface area contributed by atoms with Crippen LogP contribution in [0.3, 0.4) is 0 Å². The Hall–Kier alpha value is -0.525. The second-order valence-corrected chi connectivity index (χ2v) is 1.99. The first kappa shape index (κ1) is 15.9. The van der Waals surface area contributed by atoms with Crippen LogP contribution in [0.15, 0.2) is 0 Å². The molecule has 8 heteroatoms. The van der Waals surface area contributed by atoms with Crippen LogP contribution in [0.2, 0.25) is 0 Å². The zero-order valence-electron chi connectivity index (χ0n) is 9.10. The van der Waals surface area contributed by atoms with Gasteiger partial charge in [0.25, 0.3) is 0 Å². The molecular weight excluding hydrogens is 202 g/mol. The molecule has 0 atom stereocenters. The van der Waals surface area contributed by atoms with E-state index in [0.717, 1.165) is 13.8 Å². The predicted octanol–water partition coefficient (Wildman–Crippen LogP) is -3.82. The summed E-state index contributed by atoms with van der Waals surface area (Å²) in [5.74, 6) is -2.75. The van der Waals surface area contributed by atoms with E-state index in [2.05, 4.69) is 22.2 Å². The molecule has 0 saturated carbocycles. The summed E-state index contributed by atoms with van der Waals surface area (Å²) in [5, 5.41) is 0. The molecule has 0 N–H and O–H groups in total. The summed E-state index contributed by atoms with van der Waals surface area (Å²) in [6, 6.07) is 0. The van der Waals surface area contributed by atoms with E-state index in [4.69, 9.17) is 0 Å². The number of esters is 2. The predicted molar refractivity (Wildman–Crippen MR) is 40.3 cm³/mol. The van der Waals surface area contributed by atoms with Crippen molar-refractivity contribution in [1.82, 2.24) is 0 Å². The molecule has 6 nitrogen and oxygen atoms in total. The summed E-state index contributed by atoms with van der Waals surface area (Å²) in [5.41, 5.74) is 0. The van der Waals surface area contributed by atoms with Crippen LogP contribution in [0.5, 0.6) is 0 Å². The van der Waals surface area contributed by atoms with Crippen molar-refractivity contribution < 1.29 is 59.5 Å². The van der Waals surface area contributed by atoms with Crippen molar-refractivity contribution in [3.63, 3.8) is 0 Å². The van der Waals surface area contributed by atoms with E-state index in [1.54, 1.807) is 0 Å². The van der Waals surface area contributed by atoms with Crippen molar-refractivity contribution in [2.75, 3.05) is 0 Å². The van der Waals surface area contributed by atoms with E-state index < -0.39 is 24.2 Å². The Morgan fingerprint density at radius 2 is 1.50 bits per heavy atom. The number of carbonyl (C=O) groups is 3. The van der Waals surface area contributed by atoms with E-state index in [9.17, 15) is 14.4 Å². The van der Waals surface area contributed by atoms with Gasteiger partial charge in [0.05, 0.1) is 0 Å². The van der Waals surface area contributed by atoms with Crippen LogP contribution in [0.4, 0.5) is 0 Å². The maximum absolute atomic E-state index is 10.7. The average molecular weight is 210 g/mol. The molecule has 0 saturated heterocycles. The van der Waals surface area contributed by atoms with E-state index in [1.807, 2.05) is 0 Å². The zero-order valence-corrected chi connectivity index (χ0v) is 10.1. The van der Waals surface area contributed by atoms with Gasteiger partial charge in [0.1, 0.15) is 0 Å². The van der Waals surface area contributed by atoms with Crippen LogP contribution in [0, 0.1) is 0 Å². The maximum Gasteiger partial charge on any atom is 1.00 e. The zero-order chi connectivity index (χ0) is 10.4. The largest absolute Gasteiger partial charge is 1.00 e. The second kappa shape index (κ2) is 7.84. The van der Waals surface area contributed by atoms with Crippen LogP contribution in [-0.4, -0.2) is 32.2 Å². The molecule has 0 bridgehead atoms. The van der Waals surface area contributed by atoms with E-state index >= 15 is 0 Å². The fourth-order valence-electron chi connectivity index (χ4n) is 0.477. The molecule has 14 heavy (non-hydrogen) atoms. The average Bonchev–Trinajstić information content (AvgIpc) is 2.00. The van der Waals surface area contributed by atoms with Crippen molar-refractivity contribution in [2.45, 2.75) is 20.1 Å². The van der Waals surface area contributed by atoms with Gasteiger partial charge in [-0.3, -0.25) is 9.59 Å². The van der Waals surface area contributed by atoms with Gasteiger partial charge in [-0.2, -0.15) is 0 Å². The van der Waals surface area contributed by atoms with Gasteiger partial charge >= 0.3 is 61.8 Å². The van der Waals surface area contributed by atoms with Crippen molar-refractivity contribution >= 4 is 26.0 Å². The van der Waals surface area contributed by atoms with Crippen LogP contribution in [0.1, 0.15) is 15.3 Å². The Morgan fingerprint density at radius 3 is 1.71 bits per heavy atom. The Morgan fingerprint density at radius 1 is 1.14 bits per heavy atom. The van der Waals surface area contributed by atoms with Crippen molar-refractivity contribution in [1.29, 1.82) is 0 Å². The Kier molecular flexibility index (Phi) is 8.92. The molecule has 0 spiro atoms. The molecule has 0 aromatic heterocycles. The van der Waals surface area contributed by atoms with Gasteiger partial charge < -0.3 is 15.6 Å². The maximum atomic E-state index is 10.7. The van der Waals surface area contributed by atoms with Gasteiger partial charge in [-0.05, 0) is 0 Å². The van der Waals surface area contributed by atoms with Crippen LogP contribution in [0.25, 0.3) is 0 Å². The molecule has 72 valence electrons. The molecule has 0 heterocycles. The van der Waals surface area contributed by atoms with Gasteiger partial charge in [0, 0.05) is 13.8 Å². The van der Waals surface area contributed by atoms with Crippen LogP contribution in [-0.2, 0) is 28.5 Å². The molecule has 0 fully saturated rings. The third-order valence-electron chi connectivity index (χ3n) is 0.855. The summed E-state index contributed by atoms with van der Waals surface area (Å²) < 4.78 is 12.3. The van der Waals surface area contributed by atoms with Gasteiger partial charge in [-0.15, -0.1) is 0 Å². The first-order chi connectivity index (χ1) is 5.97. The van der Waals surface area contributed by atoms with Crippen molar-refractivity contribution in [2.24, 2.45) is 0 Å². The quantitative estimate of drug-likeness (QED) is 0.270. The number of hydrogen-bond acceptors (Lipinski definition) is 6. The van der Waals surface area contributed by atoms with E-state index in [0.29, 0.717) is 0 Å². The number of ether oxygens (including phenoxy) is 2. The molecule has 0 aliphatic rings. The van der Waals surface area contributed by atoms with E-state index in [-0.39, 0.29) is 31.0 Å².